The quantitative estimate of drug-likeness (QED) is 0.731. The first-order valence-electron chi connectivity index (χ1n) is 10.4. The molecule has 0 unspecified atom stereocenters. The van der Waals surface area contributed by atoms with E-state index in [2.05, 4.69) is 33.4 Å². The SMILES string of the molecule is COc1ccccc1N1CCCN(Cc2csc(C3CCCCC3)n2)CC1. The van der Waals surface area contributed by atoms with E-state index in [1.54, 1.807) is 7.11 Å². The molecule has 1 aromatic carbocycles. The largest absolute Gasteiger partial charge is 0.495 e. The van der Waals surface area contributed by atoms with Gasteiger partial charge in [0.05, 0.1) is 23.5 Å². The predicted octanol–water partition coefficient (Wildman–Crippen LogP) is 4.91. The summed E-state index contributed by atoms with van der Waals surface area (Å²) in [7, 11) is 1.76. The zero-order valence-electron chi connectivity index (χ0n) is 16.4. The summed E-state index contributed by atoms with van der Waals surface area (Å²) in [5, 5.41) is 3.68. The standard InChI is InChI=1S/C22H31N3OS/c1-26-21-11-6-5-10-20(21)25-13-7-12-24(14-15-25)16-19-17-27-22(23-19)18-8-3-2-4-9-18/h5-6,10-11,17-18H,2-4,7-9,12-16H2,1H3. The third-order valence-corrected chi connectivity index (χ3v) is 6.98. The molecule has 5 heteroatoms. The van der Waals surface area contributed by atoms with Crippen molar-refractivity contribution < 1.29 is 4.74 Å². The van der Waals surface area contributed by atoms with E-state index >= 15 is 0 Å². The van der Waals surface area contributed by atoms with Crippen LogP contribution in [0.1, 0.15) is 55.1 Å². The van der Waals surface area contributed by atoms with Crippen molar-refractivity contribution in [1.82, 2.24) is 9.88 Å². The van der Waals surface area contributed by atoms with Crippen molar-refractivity contribution in [2.75, 3.05) is 38.2 Å². The maximum absolute atomic E-state index is 5.56. The van der Waals surface area contributed by atoms with Crippen LogP contribution in [0.25, 0.3) is 0 Å². The van der Waals surface area contributed by atoms with E-state index in [9.17, 15) is 0 Å². The van der Waals surface area contributed by atoms with E-state index in [4.69, 9.17) is 9.72 Å². The van der Waals surface area contributed by atoms with Gasteiger partial charge in [0, 0.05) is 44.0 Å². The van der Waals surface area contributed by atoms with Crippen molar-refractivity contribution in [2.24, 2.45) is 0 Å². The molecular weight excluding hydrogens is 354 g/mol. The van der Waals surface area contributed by atoms with E-state index in [0.29, 0.717) is 0 Å². The molecule has 0 spiro atoms. The molecule has 146 valence electrons. The first kappa shape index (κ1) is 18.8. The smallest absolute Gasteiger partial charge is 0.142 e. The Morgan fingerprint density at radius 1 is 1.04 bits per heavy atom. The molecule has 1 aliphatic carbocycles. The number of rotatable bonds is 5. The molecular formula is C22H31N3OS. The van der Waals surface area contributed by atoms with Gasteiger partial charge in [-0.2, -0.15) is 0 Å². The highest BCUT2D eigenvalue weighted by Gasteiger charge is 2.21. The molecule has 0 radical (unpaired) electrons. The number of anilines is 1. The lowest BCUT2D eigenvalue weighted by molar-refractivity contribution is 0.282. The van der Waals surface area contributed by atoms with Crippen molar-refractivity contribution in [3.63, 3.8) is 0 Å². The molecule has 4 rings (SSSR count). The highest BCUT2D eigenvalue weighted by molar-refractivity contribution is 7.09. The third-order valence-electron chi connectivity index (χ3n) is 5.92. The molecule has 2 heterocycles. The number of aromatic nitrogens is 1. The minimum atomic E-state index is 0.725. The number of methoxy groups -OCH3 is 1. The summed E-state index contributed by atoms with van der Waals surface area (Å²) < 4.78 is 5.56. The molecule has 2 fully saturated rings. The number of thiazole rings is 1. The molecule has 1 saturated carbocycles. The number of hydrogen-bond acceptors (Lipinski definition) is 5. The van der Waals surface area contributed by atoms with Gasteiger partial charge >= 0.3 is 0 Å². The van der Waals surface area contributed by atoms with Crippen LogP contribution in [0.5, 0.6) is 5.75 Å². The molecule has 1 aromatic heterocycles. The van der Waals surface area contributed by atoms with Crippen LogP contribution in [-0.4, -0.2) is 43.2 Å². The average Bonchev–Trinajstić information content (AvgIpc) is 3.07. The van der Waals surface area contributed by atoms with Crippen LogP contribution in [0.2, 0.25) is 0 Å². The molecule has 1 saturated heterocycles. The predicted molar refractivity (Wildman–Crippen MR) is 113 cm³/mol. The summed E-state index contributed by atoms with van der Waals surface area (Å²) in [6.45, 7) is 5.33. The van der Waals surface area contributed by atoms with Crippen LogP contribution in [0.4, 0.5) is 5.69 Å². The second kappa shape index (κ2) is 9.07. The summed E-state index contributed by atoms with van der Waals surface area (Å²) in [5.74, 6) is 1.70. The lowest BCUT2D eigenvalue weighted by Gasteiger charge is -2.25. The number of para-hydroxylation sites is 2. The van der Waals surface area contributed by atoms with Crippen LogP contribution >= 0.6 is 11.3 Å². The molecule has 0 amide bonds. The topological polar surface area (TPSA) is 28.6 Å². The zero-order valence-corrected chi connectivity index (χ0v) is 17.2. The third kappa shape index (κ3) is 4.64. The Hall–Kier alpha value is -1.59. The Kier molecular flexibility index (Phi) is 6.30. The maximum Gasteiger partial charge on any atom is 0.142 e. The Morgan fingerprint density at radius 3 is 2.74 bits per heavy atom. The van der Waals surface area contributed by atoms with Crippen LogP contribution in [0.3, 0.4) is 0 Å². The van der Waals surface area contributed by atoms with Crippen molar-refractivity contribution in [3.05, 3.63) is 40.3 Å². The van der Waals surface area contributed by atoms with Gasteiger partial charge in [0.2, 0.25) is 0 Å². The fourth-order valence-electron chi connectivity index (χ4n) is 4.42. The van der Waals surface area contributed by atoms with E-state index in [-0.39, 0.29) is 0 Å². The van der Waals surface area contributed by atoms with Gasteiger partial charge in [-0.1, -0.05) is 31.4 Å². The second-order valence-corrected chi connectivity index (χ2v) is 8.69. The fraction of sp³-hybridized carbons (Fsp3) is 0.591. The maximum atomic E-state index is 5.56. The molecule has 0 N–H and O–H groups in total. The van der Waals surface area contributed by atoms with Gasteiger partial charge in [-0.25, -0.2) is 4.98 Å². The minimum Gasteiger partial charge on any atom is -0.495 e. The van der Waals surface area contributed by atoms with Gasteiger partial charge in [-0.05, 0) is 31.4 Å². The van der Waals surface area contributed by atoms with E-state index in [0.717, 1.165) is 44.4 Å². The normalized spacial score (nSPS) is 19.8. The highest BCUT2D eigenvalue weighted by atomic mass is 32.1. The zero-order chi connectivity index (χ0) is 18.5. The van der Waals surface area contributed by atoms with Gasteiger partial charge < -0.3 is 9.64 Å². The van der Waals surface area contributed by atoms with Gasteiger partial charge in [0.25, 0.3) is 0 Å². The highest BCUT2D eigenvalue weighted by Crippen LogP contribution is 2.34. The number of benzene rings is 1. The number of hydrogen-bond donors (Lipinski definition) is 0. The van der Waals surface area contributed by atoms with Gasteiger partial charge in [0.15, 0.2) is 0 Å². The number of nitrogens with zero attached hydrogens (tertiary/aromatic N) is 3. The summed E-state index contributed by atoms with van der Waals surface area (Å²) in [6.07, 6.45) is 8.02. The Balaban J connectivity index is 1.35. The second-order valence-electron chi connectivity index (χ2n) is 7.80. The van der Waals surface area contributed by atoms with Gasteiger partial charge in [-0.3, -0.25) is 4.90 Å². The molecule has 2 aromatic rings. The fourth-order valence-corrected chi connectivity index (χ4v) is 5.40. The molecule has 0 bridgehead atoms. The van der Waals surface area contributed by atoms with Crippen LogP contribution < -0.4 is 9.64 Å². The van der Waals surface area contributed by atoms with Gasteiger partial charge in [-0.15, -0.1) is 11.3 Å². The van der Waals surface area contributed by atoms with E-state index < -0.39 is 0 Å². The van der Waals surface area contributed by atoms with Crippen molar-refractivity contribution in [2.45, 2.75) is 51.0 Å². The van der Waals surface area contributed by atoms with Gasteiger partial charge in [0.1, 0.15) is 5.75 Å². The Bertz CT molecular complexity index is 726. The lowest BCUT2D eigenvalue weighted by Crippen LogP contribution is -2.30. The van der Waals surface area contributed by atoms with E-state index in [1.165, 1.54) is 54.9 Å². The van der Waals surface area contributed by atoms with E-state index in [1.807, 2.05) is 17.4 Å². The first-order chi connectivity index (χ1) is 13.3. The van der Waals surface area contributed by atoms with Crippen LogP contribution in [0.15, 0.2) is 29.6 Å². The molecule has 4 nitrogen and oxygen atoms in total. The summed E-state index contributed by atoms with van der Waals surface area (Å²) >= 11 is 1.89. The average molecular weight is 386 g/mol. The molecule has 27 heavy (non-hydrogen) atoms. The molecule has 0 atom stereocenters. The van der Waals surface area contributed by atoms with Crippen LogP contribution in [0, 0.1) is 0 Å². The van der Waals surface area contributed by atoms with Crippen molar-refractivity contribution in [1.29, 1.82) is 0 Å². The number of ether oxygens (including phenoxy) is 1. The monoisotopic (exact) mass is 385 g/mol. The summed E-state index contributed by atoms with van der Waals surface area (Å²) in [4.78, 5) is 10.0. The lowest BCUT2D eigenvalue weighted by atomic mass is 9.90. The molecule has 1 aliphatic heterocycles. The van der Waals surface area contributed by atoms with Crippen molar-refractivity contribution >= 4 is 17.0 Å². The van der Waals surface area contributed by atoms with Crippen molar-refractivity contribution in [3.8, 4) is 5.75 Å². The summed E-state index contributed by atoms with van der Waals surface area (Å²) in [6, 6.07) is 8.37. The Labute approximate surface area is 167 Å². The van der Waals surface area contributed by atoms with Crippen LogP contribution in [-0.2, 0) is 6.54 Å². The minimum absolute atomic E-state index is 0.725. The first-order valence-corrected chi connectivity index (χ1v) is 11.3. The molecule has 2 aliphatic rings. The Morgan fingerprint density at radius 2 is 1.89 bits per heavy atom. The summed E-state index contributed by atoms with van der Waals surface area (Å²) in [5.41, 5.74) is 2.49.